The lowest BCUT2D eigenvalue weighted by Gasteiger charge is -2.37. The maximum absolute atomic E-state index is 13.3. The number of anilines is 1. The third-order valence-electron chi connectivity index (χ3n) is 5.19. The Morgan fingerprint density at radius 3 is 2.53 bits per heavy atom. The number of carbonyl (C=O) groups is 3. The Hall–Kier alpha value is -2.86. The minimum absolute atomic E-state index is 0.0436. The topological polar surface area (TPSA) is 69.7 Å². The van der Waals surface area contributed by atoms with Gasteiger partial charge in [-0.15, -0.1) is 0 Å². The van der Waals surface area contributed by atoms with Crippen LogP contribution in [0, 0.1) is 0 Å². The van der Waals surface area contributed by atoms with Crippen LogP contribution in [0.4, 0.5) is 5.69 Å². The van der Waals surface area contributed by atoms with Crippen molar-refractivity contribution in [2.45, 2.75) is 38.8 Å². The maximum atomic E-state index is 13.3. The summed E-state index contributed by atoms with van der Waals surface area (Å²) in [6, 6.07) is 11.9. The summed E-state index contributed by atoms with van der Waals surface area (Å²) in [7, 11) is 3.37. The van der Waals surface area contributed by atoms with Gasteiger partial charge in [0.05, 0.1) is 10.6 Å². The number of hydrogen-bond acceptors (Lipinski definition) is 3. The van der Waals surface area contributed by atoms with Gasteiger partial charge in [0.2, 0.25) is 11.8 Å². The van der Waals surface area contributed by atoms with E-state index < -0.39 is 6.04 Å². The van der Waals surface area contributed by atoms with Crippen molar-refractivity contribution in [2.75, 3.05) is 19.4 Å². The fraction of sp³-hybridized carbons (Fsp3) is 0.348. The zero-order valence-electron chi connectivity index (χ0n) is 17.4. The first-order chi connectivity index (χ1) is 14.3. The lowest BCUT2D eigenvalue weighted by Crippen LogP contribution is -2.52. The quantitative estimate of drug-likeness (QED) is 0.790. The molecule has 1 unspecified atom stereocenters. The Morgan fingerprint density at radius 2 is 1.87 bits per heavy atom. The monoisotopic (exact) mass is 427 g/mol. The van der Waals surface area contributed by atoms with Crippen LogP contribution in [0.5, 0.6) is 0 Å². The summed E-state index contributed by atoms with van der Waals surface area (Å²) in [5.74, 6) is -0.467. The molecule has 1 atom stereocenters. The van der Waals surface area contributed by atoms with Gasteiger partial charge in [0.25, 0.3) is 5.91 Å². The van der Waals surface area contributed by atoms with E-state index in [-0.39, 0.29) is 24.3 Å². The fourth-order valence-electron chi connectivity index (χ4n) is 3.63. The SMILES string of the molecule is CCCC(=O)Nc1ccc2c(c1)CN(C(=O)c1ccccc1Cl)C(C(=O)N(C)C)C2. The van der Waals surface area contributed by atoms with E-state index in [0.29, 0.717) is 29.1 Å². The molecule has 3 rings (SSSR count). The van der Waals surface area contributed by atoms with Crippen LogP contribution in [0.15, 0.2) is 42.5 Å². The molecule has 1 N–H and O–H groups in total. The van der Waals surface area contributed by atoms with E-state index >= 15 is 0 Å². The summed E-state index contributed by atoms with van der Waals surface area (Å²) >= 11 is 6.25. The molecule has 30 heavy (non-hydrogen) atoms. The average Bonchev–Trinajstić information content (AvgIpc) is 2.72. The molecule has 2 aromatic rings. The first-order valence-corrected chi connectivity index (χ1v) is 10.4. The van der Waals surface area contributed by atoms with Gasteiger partial charge in [-0.2, -0.15) is 0 Å². The second-order valence-corrected chi connectivity index (χ2v) is 8.05. The molecule has 0 fully saturated rings. The molecular weight excluding hydrogens is 402 g/mol. The molecule has 0 spiro atoms. The van der Waals surface area contributed by atoms with Crippen LogP contribution in [0.3, 0.4) is 0 Å². The molecule has 0 aromatic heterocycles. The predicted molar refractivity (Wildman–Crippen MR) is 117 cm³/mol. The van der Waals surface area contributed by atoms with E-state index in [1.54, 1.807) is 43.3 Å². The van der Waals surface area contributed by atoms with Crippen LogP contribution >= 0.6 is 11.6 Å². The highest BCUT2D eigenvalue weighted by molar-refractivity contribution is 6.33. The fourth-order valence-corrected chi connectivity index (χ4v) is 3.85. The molecule has 0 bridgehead atoms. The number of nitrogens with zero attached hydrogens (tertiary/aromatic N) is 2. The zero-order valence-corrected chi connectivity index (χ0v) is 18.2. The van der Waals surface area contributed by atoms with Gasteiger partial charge in [0, 0.05) is 39.2 Å². The first kappa shape index (κ1) is 21.8. The Labute approximate surface area is 181 Å². The summed E-state index contributed by atoms with van der Waals surface area (Å²) in [5, 5.41) is 3.24. The van der Waals surface area contributed by atoms with Crippen molar-refractivity contribution in [1.82, 2.24) is 9.80 Å². The minimum Gasteiger partial charge on any atom is -0.347 e. The van der Waals surface area contributed by atoms with Crippen molar-refractivity contribution in [3.8, 4) is 0 Å². The zero-order chi connectivity index (χ0) is 21.8. The number of rotatable bonds is 5. The molecule has 0 saturated carbocycles. The summed E-state index contributed by atoms with van der Waals surface area (Å²) < 4.78 is 0. The Balaban J connectivity index is 1.95. The van der Waals surface area contributed by atoms with Crippen LogP contribution in [-0.4, -0.2) is 47.7 Å². The van der Waals surface area contributed by atoms with Crippen molar-refractivity contribution >= 4 is 35.0 Å². The second kappa shape index (κ2) is 9.30. The highest BCUT2D eigenvalue weighted by Crippen LogP contribution is 2.29. The van der Waals surface area contributed by atoms with E-state index in [0.717, 1.165) is 17.5 Å². The smallest absolute Gasteiger partial charge is 0.256 e. The van der Waals surface area contributed by atoms with E-state index in [1.807, 2.05) is 25.1 Å². The third kappa shape index (κ3) is 4.65. The van der Waals surface area contributed by atoms with Gasteiger partial charge < -0.3 is 15.1 Å². The highest BCUT2D eigenvalue weighted by Gasteiger charge is 2.36. The maximum Gasteiger partial charge on any atom is 0.256 e. The Kier molecular flexibility index (Phi) is 6.77. The molecule has 0 aliphatic carbocycles. The molecular formula is C23H26ClN3O3. The number of fused-ring (bicyclic) bond motifs is 1. The minimum atomic E-state index is -0.614. The number of halogens is 1. The second-order valence-electron chi connectivity index (χ2n) is 7.65. The van der Waals surface area contributed by atoms with Crippen LogP contribution in [-0.2, 0) is 22.6 Å². The number of carbonyl (C=O) groups excluding carboxylic acids is 3. The van der Waals surface area contributed by atoms with Gasteiger partial charge in [-0.05, 0) is 41.8 Å². The summed E-state index contributed by atoms with van der Waals surface area (Å²) in [6.07, 6.45) is 1.63. The molecule has 1 aliphatic rings. The number of hydrogen-bond donors (Lipinski definition) is 1. The van der Waals surface area contributed by atoms with Crippen LogP contribution < -0.4 is 5.32 Å². The number of amides is 3. The van der Waals surface area contributed by atoms with E-state index in [2.05, 4.69) is 5.32 Å². The van der Waals surface area contributed by atoms with Crippen molar-refractivity contribution in [3.05, 3.63) is 64.2 Å². The van der Waals surface area contributed by atoms with Gasteiger partial charge in [-0.3, -0.25) is 14.4 Å². The Morgan fingerprint density at radius 1 is 1.13 bits per heavy atom. The van der Waals surface area contributed by atoms with Gasteiger partial charge in [-0.25, -0.2) is 0 Å². The van der Waals surface area contributed by atoms with Crippen molar-refractivity contribution in [2.24, 2.45) is 0 Å². The molecule has 3 amide bonds. The molecule has 2 aromatic carbocycles. The highest BCUT2D eigenvalue weighted by atomic mass is 35.5. The summed E-state index contributed by atoms with van der Waals surface area (Å²) in [6.45, 7) is 2.22. The van der Waals surface area contributed by atoms with Gasteiger partial charge in [-0.1, -0.05) is 36.7 Å². The standard InChI is InChI=1S/C23H26ClN3O3/c1-4-7-21(28)25-17-11-10-15-13-20(23(30)26(2)3)27(14-16(15)12-17)22(29)18-8-5-6-9-19(18)24/h5-6,8-12,20H,4,7,13-14H2,1-3H3,(H,25,28). The molecule has 6 nitrogen and oxygen atoms in total. The summed E-state index contributed by atoms with van der Waals surface area (Å²) in [4.78, 5) is 41.2. The van der Waals surface area contributed by atoms with Crippen LogP contribution in [0.25, 0.3) is 0 Å². The van der Waals surface area contributed by atoms with Gasteiger partial charge >= 0.3 is 0 Å². The van der Waals surface area contributed by atoms with E-state index in [9.17, 15) is 14.4 Å². The number of nitrogens with one attached hydrogen (secondary N) is 1. The Bertz CT molecular complexity index is 974. The predicted octanol–water partition coefficient (Wildman–Crippen LogP) is 3.73. The summed E-state index contributed by atoms with van der Waals surface area (Å²) in [5.41, 5.74) is 2.96. The normalized spacial score (nSPS) is 15.3. The van der Waals surface area contributed by atoms with Crippen LogP contribution in [0.2, 0.25) is 5.02 Å². The van der Waals surface area contributed by atoms with E-state index in [4.69, 9.17) is 11.6 Å². The van der Waals surface area contributed by atoms with Crippen LogP contribution in [0.1, 0.15) is 41.3 Å². The molecule has 1 heterocycles. The molecule has 0 saturated heterocycles. The molecule has 0 radical (unpaired) electrons. The molecule has 7 heteroatoms. The molecule has 1 aliphatic heterocycles. The third-order valence-corrected chi connectivity index (χ3v) is 5.52. The number of likely N-dealkylation sites (N-methyl/N-ethyl adjacent to an activating group) is 1. The largest absolute Gasteiger partial charge is 0.347 e. The lowest BCUT2D eigenvalue weighted by atomic mass is 9.92. The van der Waals surface area contributed by atoms with Crippen molar-refractivity contribution in [1.29, 1.82) is 0 Å². The van der Waals surface area contributed by atoms with Gasteiger partial charge in [0.15, 0.2) is 0 Å². The molecule has 158 valence electrons. The van der Waals surface area contributed by atoms with Crippen molar-refractivity contribution < 1.29 is 14.4 Å². The lowest BCUT2D eigenvalue weighted by molar-refractivity contribution is -0.134. The van der Waals surface area contributed by atoms with Crippen molar-refractivity contribution in [3.63, 3.8) is 0 Å². The van der Waals surface area contributed by atoms with E-state index in [1.165, 1.54) is 4.90 Å². The average molecular weight is 428 g/mol. The first-order valence-electron chi connectivity index (χ1n) is 10.00. The number of benzene rings is 2. The van der Waals surface area contributed by atoms with Gasteiger partial charge in [0.1, 0.15) is 6.04 Å².